The molecule has 16 heteroatoms. The Kier molecular flexibility index (Phi) is 8.25. The van der Waals surface area contributed by atoms with E-state index in [1.165, 1.54) is 36.4 Å². The van der Waals surface area contributed by atoms with Gasteiger partial charge in [0.25, 0.3) is 0 Å². The molecule has 244 valence electrons. The summed E-state index contributed by atoms with van der Waals surface area (Å²) in [5, 5.41) is 59.5. The molecule has 2 aliphatic rings. The monoisotopic (exact) mass is 690 g/mol. The first-order valence-corrected chi connectivity index (χ1v) is 13.4. The van der Waals surface area contributed by atoms with Crippen LogP contribution in [0.25, 0.3) is 27.9 Å². The molecule has 2 aliphatic carbocycles. The van der Waals surface area contributed by atoms with Gasteiger partial charge in [0.05, 0.1) is 34.4 Å². The fourth-order valence-corrected chi connectivity index (χ4v) is 6.07. The molecule has 1 unspecified atom stereocenters. The van der Waals surface area contributed by atoms with E-state index >= 15 is 8.78 Å². The van der Waals surface area contributed by atoms with E-state index in [0.717, 1.165) is 0 Å². The fourth-order valence-electron chi connectivity index (χ4n) is 6.07. The SMILES string of the molecule is N#CC(C#N)=C1C(c2ccc(F)c(C(F)(F)F)c2)=C(C#N)c2c(F)c3c(c(F)c21)C(C(C#N)C#N)C(c1ccc(F)c(C(F)(F)F)c1)=C3C#N. The van der Waals surface area contributed by atoms with Gasteiger partial charge in [-0.15, -0.1) is 0 Å². The second-order valence-electron chi connectivity index (χ2n) is 10.5. The van der Waals surface area contributed by atoms with Crippen molar-refractivity contribution in [1.82, 2.24) is 0 Å². The zero-order valence-corrected chi connectivity index (χ0v) is 24.1. The molecule has 0 aromatic heterocycles. The van der Waals surface area contributed by atoms with E-state index in [-0.39, 0.29) is 12.1 Å². The topological polar surface area (TPSA) is 143 Å². The molecule has 0 bridgehead atoms. The van der Waals surface area contributed by atoms with Gasteiger partial charge in [-0.25, -0.2) is 17.6 Å². The van der Waals surface area contributed by atoms with Gasteiger partial charge in [-0.3, -0.25) is 0 Å². The number of nitrogens with zero attached hydrogens (tertiary/aromatic N) is 6. The average molecular weight is 690 g/mol. The van der Waals surface area contributed by atoms with Gasteiger partial charge >= 0.3 is 12.4 Å². The van der Waals surface area contributed by atoms with Crippen LogP contribution < -0.4 is 0 Å². The predicted octanol–water partition coefficient (Wildman–Crippen LogP) is 8.72. The molecule has 0 aliphatic heterocycles. The Bertz CT molecular complexity index is 2400. The highest BCUT2D eigenvalue weighted by atomic mass is 19.4. The normalized spacial score (nSPS) is 15.1. The Labute approximate surface area is 273 Å². The van der Waals surface area contributed by atoms with E-state index in [2.05, 4.69) is 0 Å². The smallest absolute Gasteiger partial charge is 0.206 e. The zero-order chi connectivity index (χ0) is 37.0. The van der Waals surface area contributed by atoms with Crippen LogP contribution in [0.5, 0.6) is 0 Å². The zero-order valence-electron chi connectivity index (χ0n) is 24.1. The third kappa shape index (κ3) is 4.99. The molecule has 0 spiro atoms. The van der Waals surface area contributed by atoms with Crippen LogP contribution in [-0.2, 0) is 12.4 Å². The Balaban J connectivity index is 1.99. The van der Waals surface area contributed by atoms with Crippen molar-refractivity contribution in [3.8, 4) is 36.4 Å². The highest BCUT2D eigenvalue weighted by Gasteiger charge is 2.48. The number of fused-ring (bicyclic) bond motifs is 2. The lowest BCUT2D eigenvalue weighted by molar-refractivity contribution is -0.140. The van der Waals surface area contributed by atoms with Crippen molar-refractivity contribution in [2.75, 3.05) is 0 Å². The molecule has 0 saturated carbocycles. The van der Waals surface area contributed by atoms with Crippen molar-refractivity contribution in [2.24, 2.45) is 5.92 Å². The number of hydrogen-bond donors (Lipinski definition) is 0. The van der Waals surface area contributed by atoms with Crippen LogP contribution in [0.1, 0.15) is 50.4 Å². The number of benzene rings is 3. The summed E-state index contributed by atoms with van der Waals surface area (Å²) < 4.78 is 144. The Hall–Kier alpha value is -6.88. The molecule has 3 aromatic rings. The van der Waals surface area contributed by atoms with Gasteiger partial charge in [-0.05, 0) is 41.0 Å². The quantitative estimate of drug-likeness (QED) is 0.199. The highest BCUT2D eigenvalue weighted by molar-refractivity contribution is 6.26. The first kappa shape index (κ1) is 34.5. The minimum absolute atomic E-state index is 0.166. The van der Waals surface area contributed by atoms with Crippen molar-refractivity contribution in [2.45, 2.75) is 18.3 Å². The molecule has 1 atom stereocenters. The van der Waals surface area contributed by atoms with Crippen LogP contribution in [-0.4, -0.2) is 0 Å². The maximum absolute atomic E-state index is 17.1. The summed E-state index contributed by atoms with van der Waals surface area (Å²) in [5.74, 6) is -11.1. The molecule has 6 nitrogen and oxygen atoms in total. The molecule has 0 N–H and O–H groups in total. The lowest BCUT2D eigenvalue weighted by atomic mass is 9.80. The molecular formula is C34H8F10N6. The molecule has 0 radical (unpaired) electrons. The van der Waals surface area contributed by atoms with Crippen LogP contribution in [0.15, 0.2) is 42.0 Å². The maximum atomic E-state index is 17.1. The van der Waals surface area contributed by atoms with Crippen molar-refractivity contribution in [1.29, 1.82) is 31.6 Å². The second kappa shape index (κ2) is 12.0. The molecule has 5 rings (SSSR count). The number of halogens is 10. The van der Waals surface area contributed by atoms with Crippen LogP contribution in [0, 0.1) is 97.2 Å². The van der Waals surface area contributed by atoms with Gasteiger partial charge in [0.15, 0.2) is 0 Å². The Morgan fingerprint density at radius 3 is 1.58 bits per heavy atom. The minimum atomic E-state index is -5.33. The van der Waals surface area contributed by atoms with Gasteiger partial charge in [0.2, 0.25) is 0 Å². The molecule has 0 heterocycles. The van der Waals surface area contributed by atoms with E-state index in [9.17, 15) is 66.7 Å². The van der Waals surface area contributed by atoms with Gasteiger partial charge in [0.1, 0.15) is 59.0 Å². The largest absolute Gasteiger partial charge is 0.419 e. The van der Waals surface area contributed by atoms with Crippen LogP contribution in [0.3, 0.4) is 0 Å². The van der Waals surface area contributed by atoms with Crippen molar-refractivity contribution in [3.05, 3.63) is 110 Å². The Morgan fingerprint density at radius 1 is 0.620 bits per heavy atom. The number of allylic oxidation sites excluding steroid dienone is 6. The van der Waals surface area contributed by atoms with E-state index < -0.39 is 125 Å². The van der Waals surface area contributed by atoms with Gasteiger partial charge in [-0.2, -0.15) is 57.9 Å². The maximum Gasteiger partial charge on any atom is 0.419 e. The summed E-state index contributed by atoms with van der Waals surface area (Å²) in [5.41, 5.74) is -15.0. The molecule has 0 fully saturated rings. The van der Waals surface area contributed by atoms with Crippen molar-refractivity contribution >= 4 is 27.9 Å². The number of alkyl halides is 6. The van der Waals surface area contributed by atoms with Crippen LogP contribution in [0.4, 0.5) is 43.9 Å². The van der Waals surface area contributed by atoms with Gasteiger partial charge < -0.3 is 0 Å². The number of nitriles is 6. The lowest BCUT2D eigenvalue weighted by Crippen LogP contribution is -2.15. The minimum Gasteiger partial charge on any atom is -0.206 e. The van der Waals surface area contributed by atoms with E-state index in [1.807, 2.05) is 0 Å². The first-order chi connectivity index (χ1) is 23.5. The summed E-state index contributed by atoms with van der Waals surface area (Å²) >= 11 is 0. The summed E-state index contributed by atoms with van der Waals surface area (Å²) in [6, 6.07) is 11.0. The molecule has 0 saturated heterocycles. The predicted molar refractivity (Wildman–Crippen MR) is 150 cm³/mol. The third-order valence-electron chi connectivity index (χ3n) is 8.01. The molecule has 50 heavy (non-hydrogen) atoms. The number of rotatable bonds is 3. The third-order valence-corrected chi connectivity index (χ3v) is 8.01. The molecular weight excluding hydrogens is 682 g/mol. The summed E-state index contributed by atoms with van der Waals surface area (Å²) in [6.07, 6.45) is -10.7. The summed E-state index contributed by atoms with van der Waals surface area (Å²) in [6.45, 7) is 0. The fraction of sp³-hybridized carbons (Fsp3) is 0.118. The average Bonchev–Trinajstić information content (AvgIpc) is 3.59. The lowest BCUT2D eigenvalue weighted by Gasteiger charge is -2.21. The van der Waals surface area contributed by atoms with Crippen molar-refractivity contribution < 1.29 is 43.9 Å². The van der Waals surface area contributed by atoms with Crippen LogP contribution >= 0.6 is 0 Å². The van der Waals surface area contributed by atoms with Gasteiger partial charge in [-0.1, -0.05) is 12.1 Å². The van der Waals surface area contributed by atoms with Gasteiger partial charge in [0, 0.05) is 39.3 Å². The first-order valence-electron chi connectivity index (χ1n) is 13.4. The van der Waals surface area contributed by atoms with E-state index in [0.29, 0.717) is 24.3 Å². The van der Waals surface area contributed by atoms with E-state index in [1.54, 1.807) is 0 Å². The summed E-state index contributed by atoms with van der Waals surface area (Å²) in [4.78, 5) is 0. The van der Waals surface area contributed by atoms with Crippen molar-refractivity contribution in [3.63, 3.8) is 0 Å². The number of hydrogen-bond acceptors (Lipinski definition) is 6. The Morgan fingerprint density at radius 2 is 1.12 bits per heavy atom. The highest BCUT2D eigenvalue weighted by Crippen LogP contribution is 2.58. The second-order valence-corrected chi connectivity index (χ2v) is 10.5. The summed E-state index contributed by atoms with van der Waals surface area (Å²) in [7, 11) is 0. The standard InChI is InChI=1S/C34H8F10N6/c35-21-3-1-13(5-19(21)33(39,40)41)23-17(11-49)27-29(25(23)15(7-45)8-46)32(38)30-26(16(9-47)10-48)24(18(12-50)28(30)31(27)37)14-2-4-22(36)20(6-14)34(42,43)44/h1-6,15,25H. The molecule has 0 amide bonds. The van der Waals surface area contributed by atoms with E-state index in [4.69, 9.17) is 0 Å². The molecule has 3 aromatic carbocycles. The van der Waals surface area contributed by atoms with Crippen LogP contribution in [0.2, 0.25) is 0 Å².